The summed E-state index contributed by atoms with van der Waals surface area (Å²) in [5.74, 6) is -2.75. The van der Waals surface area contributed by atoms with E-state index in [1.807, 2.05) is 0 Å². The molecule has 10 heteroatoms. The molecule has 0 saturated heterocycles. The number of nitrogens with two attached hydrogens (primary N) is 1. The van der Waals surface area contributed by atoms with Gasteiger partial charge < -0.3 is 20.3 Å². The molecule has 1 aliphatic rings. The van der Waals surface area contributed by atoms with Crippen LogP contribution in [-0.2, 0) is 22.7 Å². The zero-order chi connectivity index (χ0) is 15.3. The normalized spacial score (nSPS) is 14.1. The van der Waals surface area contributed by atoms with Crippen molar-refractivity contribution < 1.29 is 27.9 Å². The summed E-state index contributed by atoms with van der Waals surface area (Å²) in [6.45, 7) is 2.28. The maximum absolute atomic E-state index is 11.3. The number of aliphatic carboxylic acids is 1. The second-order valence-corrected chi connectivity index (χ2v) is 3.90. The number of carbonyl (C=O) groups is 2. The van der Waals surface area contributed by atoms with Gasteiger partial charge in [0.15, 0.2) is 0 Å². The molecule has 7 nitrogen and oxygen atoms in total. The average molecular weight is 294 g/mol. The van der Waals surface area contributed by atoms with Gasteiger partial charge in [-0.2, -0.15) is 13.2 Å². The number of fused-ring (bicyclic) bond motifs is 1. The Hall–Kier alpha value is -2.10. The van der Waals surface area contributed by atoms with Gasteiger partial charge in [-0.25, -0.2) is 9.78 Å². The van der Waals surface area contributed by atoms with Crippen LogP contribution in [0.15, 0.2) is 12.5 Å². The van der Waals surface area contributed by atoms with Crippen molar-refractivity contribution in [3.8, 4) is 0 Å². The van der Waals surface area contributed by atoms with Crippen molar-refractivity contribution in [2.24, 2.45) is 5.73 Å². The van der Waals surface area contributed by atoms with E-state index >= 15 is 0 Å². The van der Waals surface area contributed by atoms with E-state index in [0.717, 1.165) is 18.8 Å². The van der Waals surface area contributed by atoms with Gasteiger partial charge in [0.2, 0.25) is 5.91 Å². The van der Waals surface area contributed by atoms with Crippen molar-refractivity contribution in [1.29, 1.82) is 0 Å². The molecule has 3 N–H and O–H groups in total. The van der Waals surface area contributed by atoms with Crippen LogP contribution in [-0.4, -0.2) is 50.7 Å². The SMILES string of the molecule is NCC(=O)N1CCn2cncc2C1.O=C(O)C(F)(F)F. The molecule has 0 saturated carbocycles. The van der Waals surface area contributed by atoms with E-state index in [1.54, 1.807) is 17.4 Å². The maximum Gasteiger partial charge on any atom is 0.490 e. The first-order valence-corrected chi connectivity index (χ1v) is 5.52. The number of rotatable bonds is 1. The fourth-order valence-corrected chi connectivity index (χ4v) is 1.53. The summed E-state index contributed by atoms with van der Waals surface area (Å²) in [6, 6.07) is 0. The third kappa shape index (κ3) is 4.23. The van der Waals surface area contributed by atoms with E-state index < -0.39 is 12.1 Å². The highest BCUT2D eigenvalue weighted by atomic mass is 19.4. The van der Waals surface area contributed by atoms with Crippen LogP contribution in [0.25, 0.3) is 0 Å². The molecule has 112 valence electrons. The number of halogens is 3. The molecule has 20 heavy (non-hydrogen) atoms. The first kappa shape index (κ1) is 16.0. The lowest BCUT2D eigenvalue weighted by atomic mass is 10.3. The number of imidazole rings is 1. The highest BCUT2D eigenvalue weighted by molar-refractivity contribution is 5.78. The Labute approximate surface area is 111 Å². The zero-order valence-corrected chi connectivity index (χ0v) is 10.3. The van der Waals surface area contributed by atoms with Crippen molar-refractivity contribution in [1.82, 2.24) is 14.5 Å². The Morgan fingerprint density at radius 1 is 1.40 bits per heavy atom. The van der Waals surface area contributed by atoms with Gasteiger partial charge in [-0.3, -0.25) is 4.79 Å². The number of hydrogen-bond donors (Lipinski definition) is 2. The van der Waals surface area contributed by atoms with Crippen LogP contribution >= 0.6 is 0 Å². The van der Waals surface area contributed by atoms with Gasteiger partial charge in [-0.1, -0.05) is 0 Å². The minimum absolute atomic E-state index is 0.00690. The molecule has 0 fully saturated rings. The number of nitrogens with zero attached hydrogens (tertiary/aromatic N) is 3. The highest BCUT2D eigenvalue weighted by Gasteiger charge is 2.38. The van der Waals surface area contributed by atoms with Gasteiger partial charge in [0.25, 0.3) is 0 Å². The Morgan fingerprint density at radius 3 is 2.50 bits per heavy atom. The molecule has 0 atom stereocenters. The minimum atomic E-state index is -5.08. The van der Waals surface area contributed by atoms with Crippen molar-refractivity contribution in [2.75, 3.05) is 13.1 Å². The first-order chi connectivity index (χ1) is 9.25. The second-order valence-electron chi connectivity index (χ2n) is 3.90. The van der Waals surface area contributed by atoms with Crippen LogP contribution in [0, 0.1) is 0 Å². The minimum Gasteiger partial charge on any atom is -0.475 e. The predicted molar refractivity (Wildman–Crippen MR) is 60.4 cm³/mol. The Balaban J connectivity index is 0.000000246. The van der Waals surface area contributed by atoms with E-state index in [0.29, 0.717) is 6.54 Å². The predicted octanol–water partition coefficient (Wildman–Crippen LogP) is -0.183. The highest BCUT2D eigenvalue weighted by Crippen LogP contribution is 2.13. The van der Waals surface area contributed by atoms with E-state index in [1.165, 1.54) is 0 Å². The third-order valence-electron chi connectivity index (χ3n) is 2.53. The Morgan fingerprint density at radius 2 is 2.00 bits per heavy atom. The van der Waals surface area contributed by atoms with Crippen molar-refractivity contribution in [3.63, 3.8) is 0 Å². The van der Waals surface area contributed by atoms with Crippen LogP contribution in [0.2, 0.25) is 0 Å². The number of aromatic nitrogens is 2. The van der Waals surface area contributed by atoms with Crippen LogP contribution in [0.3, 0.4) is 0 Å². The van der Waals surface area contributed by atoms with Crippen LogP contribution in [0.4, 0.5) is 13.2 Å². The molecule has 2 heterocycles. The lowest BCUT2D eigenvalue weighted by Gasteiger charge is -2.27. The van der Waals surface area contributed by atoms with Crippen molar-refractivity contribution >= 4 is 11.9 Å². The molecule has 0 aromatic carbocycles. The fraction of sp³-hybridized carbons (Fsp3) is 0.500. The molecular weight excluding hydrogens is 281 g/mol. The molecule has 1 amide bonds. The van der Waals surface area contributed by atoms with E-state index in [-0.39, 0.29) is 12.5 Å². The molecule has 1 aromatic rings. The summed E-state index contributed by atoms with van der Waals surface area (Å²) in [6.07, 6.45) is -1.50. The zero-order valence-electron chi connectivity index (χ0n) is 10.3. The lowest BCUT2D eigenvalue weighted by Crippen LogP contribution is -2.41. The number of hydrogen-bond acceptors (Lipinski definition) is 4. The summed E-state index contributed by atoms with van der Waals surface area (Å²) < 4.78 is 33.8. The van der Waals surface area contributed by atoms with Crippen LogP contribution < -0.4 is 5.73 Å². The molecular formula is C10H13F3N4O3. The molecule has 0 unspecified atom stereocenters. The Bertz CT molecular complexity index is 486. The summed E-state index contributed by atoms with van der Waals surface area (Å²) in [7, 11) is 0. The van der Waals surface area contributed by atoms with E-state index in [9.17, 15) is 18.0 Å². The van der Waals surface area contributed by atoms with Gasteiger partial charge in [-0.15, -0.1) is 0 Å². The summed E-state index contributed by atoms with van der Waals surface area (Å²) in [5, 5.41) is 7.12. The van der Waals surface area contributed by atoms with Gasteiger partial charge in [0.05, 0.1) is 25.1 Å². The topological polar surface area (TPSA) is 101 Å². The molecule has 0 spiro atoms. The van der Waals surface area contributed by atoms with Gasteiger partial charge in [0.1, 0.15) is 0 Å². The average Bonchev–Trinajstić information content (AvgIpc) is 2.84. The molecule has 2 rings (SSSR count). The number of carbonyl (C=O) groups excluding carboxylic acids is 1. The van der Waals surface area contributed by atoms with Gasteiger partial charge in [-0.05, 0) is 0 Å². The summed E-state index contributed by atoms with van der Waals surface area (Å²) in [5.41, 5.74) is 6.36. The Kier molecular flexibility index (Phi) is 5.08. The monoisotopic (exact) mass is 294 g/mol. The molecule has 1 aromatic heterocycles. The molecule has 0 bridgehead atoms. The molecule has 0 aliphatic carbocycles. The second kappa shape index (κ2) is 6.37. The molecule has 1 aliphatic heterocycles. The smallest absolute Gasteiger partial charge is 0.475 e. The fourth-order valence-electron chi connectivity index (χ4n) is 1.53. The quantitative estimate of drug-likeness (QED) is 0.748. The standard InChI is InChI=1S/C8H12N4O.C2HF3O2/c9-3-8(13)11-1-2-12-6-10-4-7(12)5-11;3-2(4,5)1(6)7/h4,6H,1-3,5,9H2;(H,6,7). The summed E-state index contributed by atoms with van der Waals surface area (Å²) in [4.78, 5) is 25.9. The van der Waals surface area contributed by atoms with Crippen LogP contribution in [0.1, 0.15) is 5.69 Å². The molecule has 0 radical (unpaired) electrons. The van der Waals surface area contributed by atoms with Crippen molar-refractivity contribution in [3.05, 3.63) is 18.2 Å². The van der Waals surface area contributed by atoms with Crippen LogP contribution in [0.5, 0.6) is 0 Å². The van der Waals surface area contributed by atoms with Gasteiger partial charge in [0, 0.05) is 19.3 Å². The summed E-state index contributed by atoms with van der Waals surface area (Å²) >= 11 is 0. The number of amides is 1. The van der Waals surface area contributed by atoms with Gasteiger partial charge >= 0.3 is 12.1 Å². The number of carboxylic acid groups (broad SMARTS) is 1. The number of carboxylic acids is 1. The largest absolute Gasteiger partial charge is 0.490 e. The maximum atomic E-state index is 11.3. The number of alkyl halides is 3. The lowest BCUT2D eigenvalue weighted by molar-refractivity contribution is -0.192. The van der Waals surface area contributed by atoms with E-state index in [2.05, 4.69) is 9.55 Å². The third-order valence-corrected chi connectivity index (χ3v) is 2.53. The van der Waals surface area contributed by atoms with Crippen molar-refractivity contribution in [2.45, 2.75) is 19.3 Å². The van der Waals surface area contributed by atoms with E-state index in [4.69, 9.17) is 15.6 Å². The first-order valence-electron chi connectivity index (χ1n) is 5.52.